The second-order valence-corrected chi connectivity index (χ2v) is 5.06. The van der Waals surface area contributed by atoms with E-state index in [9.17, 15) is 9.50 Å². The normalized spacial score (nSPS) is 12.2. The van der Waals surface area contributed by atoms with Crippen LogP contribution in [-0.4, -0.2) is 18.7 Å². The van der Waals surface area contributed by atoms with Gasteiger partial charge in [-0.2, -0.15) is 0 Å². The van der Waals surface area contributed by atoms with Crippen LogP contribution in [0.5, 0.6) is 0 Å². The highest BCUT2D eigenvalue weighted by Gasteiger charge is 2.11. The number of anilines is 1. The van der Waals surface area contributed by atoms with E-state index in [2.05, 4.69) is 0 Å². The lowest BCUT2D eigenvalue weighted by atomic mass is 10.0. The molecule has 2 aromatic rings. The summed E-state index contributed by atoms with van der Waals surface area (Å²) in [6, 6.07) is 14.3. The molecule has 20 heavy (non-hydrogen) atoms. The van der Waals surface area contributed by atoms with Crippen LogP contribution in [0.2, 0.25) is 0 Å². The molecule has 0 aliphatic rings. The van der Waals surface area contributed by atoms with Gasteiger partial charge in [-0.05, 0) is 48.7 Å². The highest BCUT2D eigenvalue weighted by Crippen LogP contribution is 2.21. The number of benzene rings is 2. The van der Waals surface area contributed by atoms with E-state index in [4.69, 9.17) is 0 Å². The summed E-state index contributed by atoms with van der Waals surface area (Å²) >= 11 is 0. The summed E-state index contributed by atoms with van der Waals surface area (Å²) in [5, 5.41) is 10.3. The van der Waals surface area contributed by atoms with Crippen LogP contribution in [0.15, 0.2) is 48.5 Å². The van der Waals surface area contributed by atoms with Crippen LogP contribution in [0.1, 0.15) is 23.7 Å². The summed E-state index contributed by atoms with van der Waals surface area (Å²) in [6.07, 6.45) is 0.165. The van der Waals surface area contributed by atoms with Crippen molar-refractivity contribution in [2.45, 2.75) is 19.4 Å². The van der Waals surface area contributed by atoms with Crippen molar-refractivity contribution in [3.05, 3.63) is 65.5 Å². The van der Waals surface area contributed by atoms with Gasteiger partial charge in [0.25, 0.3) is 0 Å². The second-order valence-electron chi connectivity index (χ2n) is 5.06. The van der Waals surface area contributed by atoms with Crippen molar-refractivity contribution >= 4 is 5.69 Å². The largest absolute Gasteiger partial charge is 0.388 e. The van der Waals surface area contributed by atoms with Crippen LogP contribution >= 0.6 is 0 Å². The van der Waals surface area contributed by atoms with E-state index in [0.717, 1.165) is 16.8 Å². The van der Waals surface area contributed by atoms with Crippen LogP contribution in [-0.2, 0) is 0 Å². The zero-order valence-electron chi connectivity index (χ0n) is 11.9. The fourth-order valence-corrected chi connectivity index (χ4v) is 2.26. The molecule has 0 aromatic heterocycles. The molecule has 1 atom stereocenters. The number of hydrogen-bond acceptors (Lipinski definition) is 2. The average Bonchev–Trinajstić information content (AvgIpc) is 2.45. The molecule has 1 N–H and O–H groups in total. The van der Waals surface area contributed by atoms with Crippen LogP contribution in [0, 0.1) is 12.7 Å². The molecule has 0 spiro atoms. The Morgan fingerprint density at radius 3 is 2.40 bits per heavy atom. The Labute approximate surface area is 119 Å². The predicted octanol–water partition coefficient (Wildman–Crippen LogP) is 3.69. The molecule has 0 aliphatic carbocycles. The van der Waals surface area contributed by atoms with Crippen molar-refractivity contribution in [1.82, 2.24) is 0 Å². The van der Waals surface area contributed by atoms with Crippen molar-refractivity contribution in [1.29, 1.82) is 0 Å². The minimum absolute atomic E-state index is 0.234. The lowest BCUT2D eigenvalue weighted by Gasteiger charge is -2.22. The van der Waals surface area contributed by atoms with Crippen LogP contribution in [0.25, 0.3) is 0 Å². The molecule has 3 heteroatoms. The minimum atomic E-state index is -0.473. The van der Waals surface area contributed by atoms with Gasteiger partial charge in [0.1, 0.15) is 5.82 Å². The maximum absolute atomic E-state index is 12.9. The van der Waals surface area contributed by atoms with Gasteiger partial charge in [-0.1, -0.05) is 24.3 Å². The van der Waals surface area contributed by atoms with Gasteiger partial charge < -0.3 is 10.0 Å². The molecule has 2 rings (SSSR count). The van der Waals surface area contributed by atoms with E-state index in [-0.39, 0.29) is 5.82 Å². The lowest BCUT2D eigenvalue weighted by Crippen LogP contribution is -2.20. The first-order valence-corrected chi connectivity index (χ1v) is 6.78. The van der Waals surface area contributed by atoms with Crippen LogP contribution in [0.4, 0.5) is 10.1 Å². The molecule has 2 aromatic carbocycles. The zero-order chi connectivity index (χ0) is 14.5. The standard InChI is InChI=1S/C17H20FNO/c1-13-5-3-4-6-16(13)17(20)11-12-19(2)15-9-7-14(18)8-10-15/h3-10,17,20H,11-12H2,1-2H3. The Morgan fingerprint density at radius 1 is 1.10 bits per heavy atom. The smallest absolute Gasteiger partial charge is 0.123 e. The van der Waals surface area contributed by atoms with Crippen molar-refractivity contribution in [2.24, 2.45) is 0 Å². The third-order valence-corrected chi connectivity index (χ3v) is 3.55. The highest BCUT2D eigenvalue weighted by molar-refractivity contribution is 5.45. The van der Waals surface area contributed by atoms with Crippen LogP contribution in [0.3, 0.4) is 0 Å². The third-order valence-electron chi connectivity index (χ3n) is 3.55. The number of hydrogen-bond donors (Lipinski definition) is 1. The van der Waals surface area contributed by atoms with Gasteiger partial charge in [0.15, 0.2) is 0 Å². The molecule has 2 nitrogen and oxygen atoms in total. The topological polar surface area (TPSA) is 23.5 Å². The maximum atomic E-state index is 12.9. The summed E-state index contributed by atoms with van der Waals surface area (Å²) < 4.78 is 12.9. The van der Waals surface area contributed by atoms with Gasteiger partial charge in [0.2, 0.25) is 0 Å². The molecule has 0 amide bonds. The first kappa shape index (κ1) is 14.5. The molecule has 0 heterocycles. The molecule has 0 saturated heterocycles. The zero-order valence-corrected chi connectivity index (χ0v) is 11.9. The number of aliphatic hydroxyl groups excluding tert-OH is 1. The summed E-state index contributed by atoms with van der Waals surface area (Å²) in [5.41, 5.74) is 3.02. The number of aliphatic hydroxyl groups is 1. The molecule has 0 fully saturated rings. The van der Waals surface area contributed by atoms with E-state index in [1.165, 1.54) is 12.1 Å². The third kappa shape index (κ3) is 3.58. The van der Waals surface area contributed by atoms with Gasteiger partial charge in [-0.3, -0.25) is 0 Å². The van der Waals surface area contributed by atoms with Gasteiger partial charge in [-0.25, -0.2) is 4.39 Å². The summed E-state index contributed by atoms with van der Waals surface area (Å²) in [7, 11) is 1.94. The number of aryl methyl sites for hydroxylation is 1. The number of nitrogens with zero attached hydrogens (tertiary/aromatic N) is 1. The maximum Gasteiger partial charge on any atom is 0.123 e. The Bertz CT molecular complexity index is 553. The first-order chi connectivity index (χ1) is 9.58. The van der Waals surface area contributed by atoms with Crippen molar-refractivity contribution in [2.75, 3.05) is 18.5 Å². The number of rotatable bonds is 5. The summed E-state index contributed by atoms with van der Waals surface area (Å²) in [6.45, 7) is 2.71. The Kier molecular flexibility index (Phi) is 4.74. The van der Waals surface area contributed by atoms with E-state index < -0.39 is 6.10 Å². The molecular formula is C17H20FNO. The van der Waals surface area contributed by atoms with E-state index in [1.807, 2.05) is 43.1 Å². The predicted molar refractivity (Wildman–Crippen MR) is 80.4 cm³/mol. The Morgan fingerprint density at radius 2 is 1.75 bits per heavy atom. The van der Waals surface area contributed by atoms with E-state index >= 15 is 0 Å². The highest BCUT2D eigenvalue weighted by atomic mass is 19.1. The van der Waals surface area contributed by atoms with Crippen LogP contribution < -0.4 is 4.90 Å². The van der Waals surface area contributed by atoms with Crippen molar-refractivity contribution in [3.8, 4) is 0 Å². The summed E-state index contributed by atoms with van der Waals surface area (Å²) in [5.74, 6) is -0.234. The minimum Gasteiger partial charge on any atom is -0.388 e. The van der Waals surface area contributed by atoms with Gasteiger partial charge in [-0.15, -0.1) is 0 Å². The monoisotopic (exact) mass is 273 g/mol. The first-order valence-electron chi connectivity index (χ1n) is 6.78. The van der Waals surface area contributed by atoms with E-state index in [0.29, 0.717) is 13.0 Å². The van der Waals surface area contributed by atoms with Gasteiger partial charge in [0.05, 0.1) is 6.10 Å². The molecule has 0 aliphatic heterocycles. The fourth-order valence-electron chi connectivity index (χ4n) is 2.26. The lowest BCUT2D eigenvalue weighted by molar-refractivity contribution is 0.169. The molecule has 0 bridgehead atoms. The summed E-state index contributed by atoms with van der Waals surface area (Å²) in [4.78, 5) is 2.01. The SMILES string of the molecule is Cc1ccccc1C(O)CCN(C)c1ccc(F)cc1. The van der Waals surface area contributed by atoms with Crippen molar-refractivity contribution in [3.63, 3.8) is 0 Å². The Hall–Kier alpha value is -1.87. The number of halogens is 1. The fraction of sp³-hybridized carbons (Fsp3) is 0.294. The Balaban J connectivity index is 1.95. The molecule has 106 valence electrons. The molecule has 0 saturated carbocycles. The second kappa shape index (κ2) is 6.53. The average molecular weight is 273 g/mol. The molecule has 0 radical (unpaired) electrons. The quantitative estimate of drug-likeness (QED) is 0.898. The molecular weight excluding hydrogens is 253 g/mol. The van der Waals surface area contributed by atoms with Crippen molar-refractivity contribution < 1.29 is 9.50 Å². The van der Waals surface area contributed by atoms with E-state index in [1.54, 1.807) is 12.1 Å². The van der Waals surface area contributed by atoms with Gasteiger partial charge in [0, 0.05) is 19.3 Å². The van der Waals surface area contributed by atoms with Gasteiger partial charge >= 0.3 is 0 Å². The molecule has 1 unspecified atom stereocenters.